The lowest BCUT2D eigenvalue weighted by molar-refractivity contribution is -0.114. The van der Waals surface area contributed by atoms with Gasteiger partial charge in [-0.05, 0) is 36.3 Å². The van der Waals surface area contributed by atoms with E-state index in [0.29, 0.717) is 6.54 Å². The van der Waals surface area contributed by atoms with Crippen LogP contribution in [0.5, 0.6) is 0 Å². The summed E-state index contributed by atoms with van der Waals surface area (Å²) >= 11 is 0. The standard InChI is InChI=1S/C26H25N5O/c1-4-7-19(8-5-2)16-31-17-22(14-29-31)25-15-28-26-24(25)12-21(13-27-26)20-9-6-10-23(11-20)30-18(3)32/h4-15,17H,1,16H2,2-3H3,(H,27,28)(H,30,32)/b8-5-,19-7+. The fraction of sp³-hybridized carbons (Fsp3) is 0.115. The first-order valence-electron chi connectivity index (χ1n) is 10.4. The van der Waals surface area contributed by atoms with Gasteiger partial charge in [-0.15, -0.1) is 0 Å². The van der Waals surface area contributed by atoms with Crippen molar-refractivity contribution in [2.24, 2.45) is 0 Å². The molecule has 1 amide bonds. The number of H-pyrrole nitrogens is 1. The predicted octanol–water partition coefficient (Wildman–Crippen LogP) is 5.74. The Kier molecular flexibility index (Phi) is 6.12. The Balaban J connectivity index is 1.67. The quantitative estimate of drug-likeness (QED) is 0.372. The van der Waals surface area contributed by atoms with E-state index in [9.17, 15) is 4.79 Å². The van der Waals surface area contributed by atoms with Gasteiger partial charge in [0.1, 0.15) is 5.65 Å². The van der Waals surface area contributed by atoms with Crippen molar-refractivity contribution >= 4 is 22.6 Å². The Hall–Kier alpha value is -4.19. The number of anilines is 1. The lowest BCUT2D eigenvalue weighted by Gasteiger charge is -2.06. The average molecular weight is 424 g/mol. The molecule has 0 radical (unpaired) electrons. The minimum atomic E-state index is -0.0961. The molecule has 2 N–H and O–H groups in total. The number of nitrogens with one attached hydrogen (secondary N) is 2. The number of carbonyl (C=O) groups excluding carboxylic acids is 1. The molecule has 0 aliphatic heterocycles. The molecule has 1 aromatic carbocycles. The van der Waals surface area contributed by atoms with Crippen LogP contribution in [0.1, 0.15) is 13.8 Å². The van der Waals surface area contributed by atoms with Crippen molar-refractivity contribution in [1.82, 2.24) is 19.7 Å². The Morgan fingerprint density at radius 3 is 2.88 bits per heavy atom. The normalized spacial score (nSPS) is 11.9. The number of hydrogen-bond donors (Lipinski definition) is 2. The number of nitrogens with zero attached hydrogens (tertiary/aromatic N) is 3. The van der Waals surface area contributed by atoms with Crippen LogP contribution in [0.15, 0.2) is 91.6 Å². The van der Waals surface area contributed by atoms with E-state index in [1.165, 1.54) is 6.92 Å². The Morgan fingerprint density at radius 1 is 1.22 bits per heavy atom. The van der Waals surface area contributed by atoms with Crippen molar-refractivity contribution < 1.29 is 4.79 Å². The van der Waals surface area contributed by atoms with Crippen LogP contribution in [0.25, 0.3) is 33.3 Å². The summed E-state index contributed by atoms with van der Waals surface area (Å²) in [5.74, 6) is -0.0961. The highest BCUT2D eigenvalue weighted by Crippen LogP contribution is 2.31. The molecular formula is C26H25N5O. The summed E-state index contributed by atoms with van der Waals surface area (Å²) in [6, 6.07) is 9.86. The van der Waals surface area contributed by atoms with E-state index in [-0.39, 0.29) is 5.91 Å². The summed E-state index contributed by atoms with van der Waals surface area (Å²) in [5, 5.41) is 8.38. The fourth-order valence-electron chi connectivity index (χ4n) is 3.68. The summed E-state index contributed by atoms with van der Waals surface area (Å²) in [5.41, 5.74) is 6.71. The van der Waals surface area contributed by atoms with E-state index in [4.69, 9.17) is 0 Å². The smallest absolute Gasteiger partial charge is 0.221 e. The molecule has 0 fully saturated rings. The molecule has 6 nitrogen and oxygen atoms in total. The summed E-state index contributed by atoms with van der Waals surface area (Å²) in [4.78, 5) is 19.2. The van der Waals surface area contributed by atoms with Crippen LogP contribution in [0.2, 0.25) is 0 Å². The van der Waals surface area contributed by atoms with Gasteiger partial charge in [0.25, 0.3) is 0 Å². The number of allylic oxidation sites excluding steroid dienone is 5. The number of aromatic nitrogens is 4. The molecule has 3 aromatic heterocycles. The molecule has 6 heteroatoms. The first-order valence-corrected chi connectivity index (χ1v) is 10.4. The molecule has 0 spiro atoms. The number of fused-ring (bicyclic) bond motifs is 1. The maximum Gasteiger partial charge on any atom is 0.221 e. The van der Waals surface area contributed by atoms with Crippen LogP contribution in [0.4, 0.5) is 5.69 Å². The SMILES string of the molecule is C=C/C=C(\C=C/C)Cn1cc(-c2c[nH]c3ncc(-c4cccc(NC(C)=O)c4)cc23)cn1. The van der Waals surface area contributed by atoms with E-state index < -0.39 is 0 Å². The number of aromatic amines is 1. The average Bonchev–Trinajstić information content (AvgIpc) is 3.40. The summed E-state index contributed by atoms with van der Waals surface area (Å²) in [6.45, 7) is 7.95. The van der Waals surface area contributed by atoms with Crippen LogP contribution in [-0.2, 0) is 11.3 Å². The fourth-order valence-corrected chi connectivity index (χ4v) is 3.68. The van der Waals surface area contributed by atoms with Gasteiger partial charge in [-0.2, -0.15) is 5.10 Å². The van der Waals surface area contributed by atoms with Gasteiger partial charge >= 0.3 is 0 Å². The van der Waals surface area contributed by atoms with Crippen molar-refractivity contribution in [3.8, 4) is 22.3 Å². The molecule has 0 aliphatic carbocycles. The molecule has 4 aromatic rings. The number of amides is 1. The number of pyridine rings is 1. The molecule has 3 heterocycles. The van der Waals surface area contributed by atoms with E-state index >= 15 is 0 Å². The molecule has 0 saturated heterocycles. The van der Waals surface area contributed by atoms with Crippen molar-refractivity contribution in [1.29, 1.82) is 0 Å². The lowest BCUT2D eigenvalue weighted by Crippen LogP contribution is -2.05. The van der Waals surface area contributed by atoms with Crippen LogP contribution in [-0.4, -0.2) is 25.7 Å². The third-order valence-electron chi connectivity index (χ3n) is 5.05. The maximum absolute atomic E-state index is 11.4. The number of rotatable bonds is 7. The van der Waals surface area contributed by atoms with Crippen molar-refractivity contribution in [3.63, 3.8) is 0 Å². The second kappa shape index (κ2) is 9.31. The van der Waals surface area contributed by atoms with Crippen molar-refractivity contribution in [3.05, 3.63) is 91.6 Å². The zero-order chi connectivity index (χ0) is 22.5. The molecule has 0 bridgehead atoms. The molecule has 0 saturated carbocycles. The third-order valence-corrected chi connectivity index (χ3v) is 5.05. The van der Waals surface area contributed by atoms with E-state index in [2.05, 4.69) is 39.1 Å². The number of carbonyl (C=O) groups is 1. The Morgan fingerprint density at radius 2 is 2.09 bits per heavy atom. The van der Waals surface area contributed by atoms with Gasteiger partial charge < -0.3 is 10.3 Å². The Bertz CT molecular complexity index is 1340. The Labute approximate surface area is 187 Å². The third kappa shape index (κ3) is 4.59. The molecule has 0 aliphatic rings. The molecule has 0 atom stereocenters. The second-order valence-corrected chi connectivity index (χ2v) is 7.49. The maximum atomic E-state index is 11.4. The van der Waals surface area contributed by atoms with Crippen LogP contribution >= 0.6 is 0 Å². The first-order chi connectivity index (χ1) is 15.6. The summed E-state index contributed by atoms with van der Waals surface area (Å²) < 4.78 is 1.91. The van der Waals surface area contributed by atoms with Gasteiger partial charge in [-0.25, -0.2) is 4.98 Å². The highest BCUT2D eigenvalue weighted by Gasteiger charge is 2.11. The van der Waals surface area contributed by atoms with Gasteiger partial charge in [0, 0.05) is 53.3 Å². The van der Waals surface area contributed by atoms with Crippen molar-refractivity contribution in [2.45, 2.75) is 20.4 Å². The van der Waals surface area contributed by atoms with Crippen LogP contribution in [0, 0.1) is 0 Å². The van der Waals surface area contributed by atoms with Gasteiger partial charge in [0.15, 0.2) is 0 Å². The molecule has 32 heavy (non-hydrogen) atoms. The van der Waals surface area contributed by atoms with E-state index in [0.717, 1.165) is 44.5 Å². The number of benzene rings is 1. The molecule has 0 unspecified atom stereocenters. The van der Waals surface area contributed by atoms with Gasteiger partial charge in [-0.3, -0.25) is 9.48 Å². The minimum absolute atomic E-state index is 0.0961. The monoisotopic (exact) mass is 423 g/mol. The van der Waals surface area contributed by atoms with E-state index in [1.807, 2.05) is 72.8 Å². The zero-order valence-electron chi connectivity index (χ0n) is 18.2. The lowest BCUT2D eigenvalue weighted by atomic mass is 10.0. The van der Waals surface area contributed by atoms with Gasteiger partial charge in [0.2, 0.25) is 5.91 Å². The van der Waals surface area contributed by atoms with Crippen LogP contribution < -0.4 is 5.32 Å². The molecule has 160 valence electrons. The minimum Gasteiger partial charge on any atom is -0.346 e. The topological polar surface area (TPSA) is 75.6 Å². The first kappa shape index (κ1) is 21.1. The van der Waals surface area contributed by atoms with E-state index in [1.54, 1.807) is 6.08 Å². The number of hydrogen-bond acceptors (Lipinski definition) is 3. The van der Waals surface area contributed by atoms with Gasteiger partial charge in [0.05, 0.1) is 12.7 Å². The predicted molar refractivity (Wildman–Crippen MR) is 130 cm³/mol. The second-order valence-electron chi connectivity index (χ2n) is 7.49. The summed E-state index contributed by atoms with van der Waals surface area (Å²) in [7, 11) is 0. The van der Waals surface area contributed by atoms with Crippen molar-refractivity contribution in [2.75, 3.05) is 5.32 Å². The zero-order valence-corrected chi connectivity index (χ0v) is 18.2. The van der Waals surface area contributed by atoms with Crippen LogP contribution in [0.3, 0.4) is 0 Å². The highest BCUT2D eigenvalue weighted by molar-refractivity contribution is 5.96. The highest BCUT2D eigenvalue weighted by atomic mass is 16.1. The van der Waals surface area contributed by atoms with Gasteiger partial charge in [-0.1, -0.05) is 43.0 Å². The molecule has 4 rings (SSSR count). The molecular weight excluding hydrogens is 398 g/mol. The summed E-state index contributed by atoms with van der Waals surface area (Å²) in [6.07, 6.45) is 15.5. The largest absolute Gasteiger partial charge is 0.346 e.